The van der Waals surface area contributed by atoms with Gasteiger partial charge in [-0.05, 0) is 17.7 Å². The van der Waals surface area contributed by atoms with Gasteiger partial charge in [0.2, 0.25) is 5.91 Å². The zero-order valence-corrected chi connectivity index (χ0v) is 11.3. The van der Waals surface area contributed by atoms with Crippen LogP contribution in [0.4, 0.5) is 5.69 Å². The Balaban J connectivity index is 2.71. The molecule has 2 atom stereocenters. The van der Waals surface area contributed by atoms with Crippen LogP contribution in [0.15, 0.2) is 24.3 Å². The number of carbonyl (C=O) groups excluding carboxylic acids is 1. The summed E-state index contributed by atoms with van der Waals surface area (Å²) in [6.45, 7) is 3.59. The second-order valence-corrected chi connectivity index (χ2v) is 4.54. The van der Waals surface area contributed by atoms with E-state index in [0.29, 0.717) is 12.3 Å². The number of hydrogen-bond acceptors (Lipinski definition) is 3. The molecule has 5 nitrogen and oxygen atoms in total. The molecule has 2 unspecified atom stereocenters. The largest absolute Gasteiger partial charge is 0.481 e. The lowest BCUT2D eigenvalue weighted by Gasteiger charge is -2.16. The predicted molar refractivity (Wildman–Crippen MR) is 71.7 cm³/mol. The number of nitrogens with one attached hydrogen (secondary N) is 1. The van der Waals surface area contributed by atoms with Crippen molar-refractivity contribution in [1.82, 2.24) is 0 Å². The summed E-state index contributed by atoms with van der Waals surface area (Å²) in [5, 5.41) is 11.6. The van der Waals surface area contributed by atoms with Crippen molar-refractivity contribution in [1.29, 1.82) is 0 Å². The molecule has 0 aliphatic carbocycles. The molecule has 1 amide bonds. The molecule has 0 radical (unpaired) electrons. The van der Waals surface area contributed by atoms with Crippen LogP contribution in [0.1, 0.15) is 19.4 Å². The first-order valence-electron chi connectivity index (χ1n) is 6.07. The van der Waals surface area contributed by atoms with Gasteiger partial charge in [-0.1, -0.05) is 26.0 Å². The zero-order chi connectivity index (χ0) is 14.4. The number of carboxylic acids is 1. The standard InChI is InChI=1S/C14H19NO4/c1-9(10(2)14(17)18)13(16)15-12-6-4-5-11(7-12)8-19-3/h4-7,9-10H,8H2,1-3H3,(H,15,16)(H,17,18). The molecule has 104 valence electrons. The van der Waals surface area contributed by atoms with Crippen molar-refractivity contribution in [2.75, 3.05) is 12.4 Å². The van der Waals surface area contributed by atoms with E-state index in [1.165, 1.54) is 6.92 Å². The molecule has 0 heterocycles. The van der Waals surface area contributed by atoms with Gasteiger partial charge in [0.25, 0.3) is 0 Å². The van der Waals surface area contributed by atoms with Crippen LogP contribution in [-0.2, 0) is 20.9 Å². The number of rotatable bonds is 6. The van der Waals surface area contributed by atoms with Crippen LogP contribution < -0.4 is 5.32 Å². The van der Waals surface area contributed by atoms with E-state index in [4.69, 9.17) is 9.84 Å². The third-order valence-corrected chi connectivity index (χ3v) is 3.06. The number of benzene rings is 1. The van der Waals surface area contributed by atoms with Crippen LogP contribution >= 0.6 is 0 Å². The number of amides is 1. The van der Waals surface area contributed by atoms with Crippen LogP contribution in [0.25, 0.3) is 0 Å². The van der Waals surface area contributed by atoms with Crippen molar-refractivity contribution in [2.45, 2.75) is 20.5 Å². The number of carboxylic acid groups (broad SMARTS) is 1. The predicted octanol–water partition coefficient (Wildman–Crippen LogP) is 2.13. The van der Waals surface area contributed by atoms with Gasteiger partial charge in [0.15, 0.2) is 0 Å². The number of methoxy groups -OCH3 is 1. The summed E-state index contributed by atoms with van der Waals surface area (Å²) in [4.78, 5) is 22.8. The molecule has 0 aliphatic heterocycles. The topological polar surface area (TPSA) is 75.6 Å². The molecule has 5 heteroatoms. The fourth-order valence-electron chi connectivity index (χ4n) is 1.60. The quantitative estimate of drug-likeness (QED) is 0.826. The highest BCUT2D eigenvalue weighted by molar-refractivity contribution is 5.94. The Morgan fingerprint density at radius 2 is 2.00 bits per heavy atom. The molecular weight excluding hydrogens is 246 g/mol. The average Bonchev–Trinajstić information content (AvgIpc) is 2.37. The molecular formula is C14H19NO4. The van der Waals surface area contributed by atoms with Crippen LogP contribution in [0.2, 0.25) is 0 Å². The molecule has 0 saturated carbocycles. The number of carbonyl (C=O) groups is 2. The molecule has 2 N–H and O–H groups in total. The SMILES string of the molecule is COCc1cccc(NC(=O)C(C)C(C)C(=O)O)c1. The van der Waals surface area contributed by atoms with E-state index in [2.05, 4.69) is 5.32 Å². The second kappa shape index (κ2) is 6.89. The Kier molecular flexibility index (Phi) is 5.51. The molecule has 0 saturated heterocycles. The van der Waals surface area contributed by atoms with E-state index in [9.17, 15) is 9.59 Å². The maximum Gasteiger partial charge on any atom is 0.307 e. The first-order valence-corrected chi connectivity index (χ1v) is 6.07. The zero-order valence-electron chi connectivity index (χ0n) is 11.3. The third kappa shape index (κ3) is 4.37. The van der Waals surface area contributed by atoms with Gasteiger partial charge >= 0.3 is 5.97 Å². The maximum atomic E-state index is 11.9. The highest BCUT2D eigenvalue weighted by atomic mass is 16.5. The van der Waals surface area contributed by atoms with Gasteiger partial charge in [-0.3, -0.25) is 9.59 Å². The van der Waals surface area contributed by atoms with Gasteiger partial charge in [-0.15, -0.1) is 0 Å². The summed E-state index contributed by atoms with van der Waals surface area (Å²) < 4.78 is 5.01. The van der Waals surface area contributed by atoms with E-state index in [1.807, 2.05) is 12.1 Å². The number of aliphatic carboxylic acids is 1. The minimum atomic E-state index is -0.976. The molecule has 0 spiro atoms. The molecule has 0 fully saturated rings. The summed E-state index contributed by atoms with van der Waals surface area (Å²) in [6, 6.07) is 7.27. The minimum Gasteiger partial charge on any atom is -0.481 e. The fraction of sp³-hybridized carbons (Fsp3) is 0.429. The van der Waals surface area contributed by atoms with E-state index >= 15 is 0 Å². The lowest BCUT2D eigenvalue weighted by molar-refractivity contribution is -0.145. The fourth-order valence-corrected chi connectivity index (χ4v) is 1.60. The molecule has 1 rings (SSSR count). The Hall–Kier alpha value is -1.88. The summed E-state index contributed by atoms with van der Waals surface area (Å²) in [6.07, 6.45) is 0. The Bertz CT molecular complexity index is 459. The smallest absolute Gasteiger partial charge is 0.307 e. The van der Waals surface area contributed by atoms with Crippen molar-refractivity contribution in [3.05, 3.63) is 29.8 Å². The lowest BCUT2D eigenvalue weighted by atomic mass is 9.95. The molecule has 0 bridgehead atoms. The van der Waals surface area contributed by atoms with Gasteiger partial charge < -0.3 is 15.2 Å². The first-order chi connectivity index (χ1) is 8.95. The van der Waals surface area contributed by atoms with Crippen molar-refractivity contribution in [2.24, 2.45) is 11.8 Å². The summed E-state index contributed by atoms with van der Waals surface area (Å²) in [7, 11) is 1.60. The maximum absolute atomic E-state index is 11.9. The summed E-state index contributed by atoms with van der Waals surface area (Å²) >= 11 is 0. The van der Waals surface area contributed by atoms with Crippen molar-refractivity contribution >= 4 is 17.6 Å². The lowest BCUT2D eigenvalue weighted by Crippen LogP contribution is -2.29. The molecule has 1 aromatic carbocycles. The summed E-state index contributed by atoms with van der Waals surface area (Å²) in [5.74, 6) is -2.59. The summed E-state index contributed by atoms with van der Waals surface area (Å²) in [5.41, 5.74) is 1.59. The van der Waals surface area contributed by atoms with Crippen LogP contribution in [0.3, 0.4) is 0 Å². The highest BCUT2D eigenvalue weighted by Crippen LogP contribution is 2.16. The van der Waals surface area contributed by atoms with Crippen molar-refractivity contribution < 1.29 is 19.4 Å². The van der Waals surface area contributed by atoms with Crippen LogP contribution in [0.5, 0.6) is 0 Å². The van der Waals surface area contributed by atoms with Crippen molar-refractivity contribution in [3.63, 3.8) is 0 Å². The van der Waals surface area contributed by atoms with E-state index in [0.717, 1.165) is 5.56 Å². The first kappa shape index (κ1) is 15.2. The van der Waals surface area contributed by atoms with E-state index in [1.54, 1.807) is 26.2 Å². The van der Waals surface area contributed by atoms with Gasteiger partial charge in [-0.2, -0.15) is 0 Å². The number of ether oxygens (including phenoxy) is 1. The van der Waals surface area contributed by atoms with Crippen molar-refractivity contribution in [3.8, 4) is 0 Å². The highest BCUT2D eigenvalue weighted by Gasteiger charge is 2.25. The average molecular weight is 265 g/mol. The molecule has 0 aliphatic rings. The Morgan fingerprint density at radius 1 is 1.32 bits per heavy atom. The van der Waals surface area contributed by atoms with Gasteiger partial charge in [0.05, 0.1) is 12.5 Å². The monoisotopic (exact) mass is 265 g/mol. The van der Waals surface area contributed by atoms with E-state index in [-0.39, 0.29) is 5.91 Å². The van der Waals surface area contributed by atoms with Gasteiger partial charge in [0.1, 0.15) is 0 Å². The Labute approximate surface area is 112 Å². The van der Waals surface area contributed by atoms with E-state index < -0.39 is 17.8 Å². The van der Waals surface area contributed by atoms with Gasteiger partial charge in [0, 0.05) is 18.7 Å². The molecule has 19 heavy (non-hydrogen) atoms. The third-order valence-electron chi connectivity index (χ3n) is 3.06. The Morgan fingerprint density at radius 3 is 2.58 bits per heavy atom. The second-order valence-electron chi connectivity index (χ2n) is 4.54. The van der Waals surface area contributed by atoms with Crippen LogP contribution in [-0.4, -0.2) is 24.1 Å². The van der Waals surface area contributed by atoms with Gasteiger partial charge in [-0.25, -0.2) is 0 Å². The normalized spacial score (nSPS) is 13.6. The molecule has 0 aromatic heterocycles. The number of anilines is 1. The van der Waals surface area contributed by atoms with Crippen LogP contribution in [0, 0.1) is 11.8 Å². The number of hydrogen-bond donors (Lipinski definition) is 2. The minimum absolute atomic E-state index is 0.301. The molecule has 1 aromatic rings.